The number of carbonyl (C=O) groups is 1. The second-order valence-corrected chi connectivity index (χ2v) is 4.62. The van der Waals surface area contributed by atoms with Crippen molar-refractivity contribution in [1.29, 1.82) is 0 Å². The number of hydrogen-bond acceptors (Lipinski definition) is 6. The average Bonchev–Trinajstić information content (AvgIpc) is 2.71. The number of rotatable bonds is 4. The van der Waals surface area contributed by atoms with Crippen LogP contribution < -0.4 is 16.8 Å². The zero-order chi connectivity index (χ0) is 14.9. The molecular weight excluding hydrogens is 258 g/mol. The first kappa shape index (κ1) is 13.9. The molecule has 0 aliphatic carbocycles. The summed E-state index contributed by atoms with van der Waals surface area (Å²) in [5, 5.41) is 7.08. The van der Waals surface area contributed by atoms with Crippen molar-refractivity contribution < 1.29 is 9.32 Å². The van der Waals surface area contributed by atoms with Crippen LogP contribution in [0.2, 0.25) is 0 Å². The van der Waals surface area contributed by atoms with Gasteiger partial charge in [0.1, 0.15) is 11.6 Å². The van der Waals surface area contributed by atoms with E-state index < -0.39 is 5.91 Å². The molecule has 0 spiro atoms. The maximum absolute atomic E-state index is 11.3. The van der Waals surface area contributed by atoms with Crippen LogP contribution in [0.3, 0.4) is 0 Å². The number of nitrogens with zero attached hydrogens (tertiary/aromatic N) is 2. The van der Waals surface area contributed by atoms with Gasteiger partial charge in [-0.1, -0.05) is 5.16 Å². The first-order chi connectivity index (χ1) is 9.40. The van der Waals surface area contributed by atoms with E-state index in [0.29, 0.717) is 5.82 Å². The first-order valence-electron chi connectivity index (χ1n) is 6.14. The van der Waals surface area contributed by atoms with Gasteiger partial charge >= 0.3 is 0 Å². The van der Waals surface area contributed by atoms with Gasteiger partial charge in [-0.2, -0.15) is 0 Å². The number of carbonyl (C=O) groups excluding carboxylic acids is 1. The summed E-state index contributed by atoms with van der Waals surface area (Å²) in [6.07, 6.45) is 1.41. The molecule has 0 fully saturated rings. The third-order valence-corrected chi connectivity index (χ3v) is 3.09. The lowest BCUT2D eigenvalue weighted by molar-refractivity contribution is 0.100. The Morgan fingerprint density at radius 3 is 2.70 bits per heavy atom. The number of pyridine rings is 1. The fourth-order valence-electron chi connectivity index (χ4n) is 2.16. The summed E-state index contributed by atoms with van der Waals surface area (Å²) < 4.78 is 5.13. The van der Waals surface area contributed by atoms with Crippen molar-refractivity contribution in [3.05, 3.63) is 34.8 Å². The molecule has 1 unspecified atom stereocenters. The predicted octanol–water partition coefficient (Wildman–Crippen LogP) is 1.54. The summed E-state index contributed by atoms with van der Waals surface area (Å²) in [5.74, 6) is 0.673. The zero-order valence-corrected chi connectivity index (χ0v) is 11.6. The van der Waals surface area contributed by atoms with Gasteiger partial charge in [0.05, 0.1) is 29.2 Å². The van der Waals surface area contributed by atoms with Crippen molar-refractivity contribution in [2.45, 2.75) is 26.8 Å². The minimum atomic E-state index is -0.585. The van der Waals surface area contributed by atoms with E-state index in [2.05, 4.69) is 15.5 Å². The van der Waals surface area contributed by atoms with Gasteiger partial charge in [0.25, 0.3) is 5.91 Å². The average molecular weight is 275 g/mol. The van der Waals surface area contributed by atoms with Crippen LogP contribution in [0.1, 0.15) is 40.3 Å². The van der Waals surface area contributed by atoms with Crippen molar-refractivity contribution in [1.82, 2.24) is 10.1 Å². The summed E-state index contributed by atoms with van der Waals surface area (Å²) >= 11 is 0. The Morgan fingerprint density at radius 1 is 1.45 bits per heavy atom. The molecule has 5 N–H and O–H groups in total. The number of aryl methyl sites for hydroxylation is 2. The Balaban J connectivity index is 2.26. The van der Waals surface area contributed by atoms with E-state index in [1.807, 2.05) is 20.8 Å². The van der Waals surface area contributed by atoms with Gasteiger partial charge in [-0.05, 0) is 26.8 Å². The highest BCUT2D eigenvalue weighted by Gasteiger charge is 2.17. The fraction of sp³-hybridized carbons (Fsp3) is 0.308. The maximum Gasteiger partial charge on any atom is 0.250 e. The molecule has 7 nitrogen and oxygen atoms in total. The normalized spacial score (nSPS) is 12.2. The van der Waals surface area contributed by atoms with Gasteiger partial charge in [-0.25, -0.2) is 4.98 Å². The van der Waals surface area contributed by atoms with Crippen molar-refractivity contribution in [3.8, 4) is 0 Å². The molecule has 0 bridgehead atoms. The molecule has 0 aliphatic rings. The van der Waals surface area contributed by atoms with Crippen LogP contribution in [-0.4, -0.2) is 16.0 Å². The first-order valence-corrected chi connectivity index (χ1v) is 6.14. The van der Waals surface area contributed by atoms with Crippen molar-refractivity contribution in [3.63, 3.8) is 0 Å². The minimum absolute atomic E-state index is 0.0712. The standard InChI is InChI=1S/C13H17N5O2/c1-6(12-7(2)18-20-8(12)3)17-11-4-9(13(15)19)10(14)5-16-11/h4-6H,14H2,1-3H3,(H2,15,19)(H,16,17). The second kappa shape index (κ2) is 5.20. The maximum atomic E-state index is 11.3. The Morgan fingerprint density at radius 2 is 2.15 bits per heavy atom. The van der Waals surface area contributed by atoms with Crippen LogP contribution in [-0.2, 0) is 0 Å². The summed E-state index contributed by atoms with van der Waals surface area (Å²) in [6.45, 7) is 5.67. The number of aromatic nitrogens is 2. The molecule has 7 heteroatoms. The molecule has 1 amide bonds. The number of nitrogens with two attached hydrogens (primary N) is 2. The highest BCUT2D eigenvalue weighted by molar-refractivity contribution is 5.98. The molecule has 1 atom stereocenters. The van der Waals surface area contributed by atoms with Crippen LogP contribution in [0.25, 0.3) is 0 Å². The molecule has 0 saturated carbocycles. The summed E-state index contributed by atoms with van der Waals surface area (Å²) in [6, 6.07) is 1.46. The molecule has 0 aliphatic heterocycles. The van der Waals surface area contributed by atoms with Crippen LogP contribution in [0.15, 0.2) is 16.8 Å². The number of nitrogens with one attached hydrogen (secondary N) is 1. The molecule has 106 valence electrons. The smallest absolute Gasteiger partial charge is 0.250 e. The molecule has 2 aromatic heterocycles. The Labute approximate surface area is 116 Å². The van der Waals surface area contributed by atoms with E-state index in [1.165, 1.54) is 12.3 Å². The Bertz CT molecular complexity index is 631. The van der Waals surface area contributed by atoms with E-state index in [1.54, 1.807) is 0 Å². The van der Waals surface area contributed by atoms with Gasteiger partial charge in [-0.15, -0.1) is 0 Å². The highest BCUT2D eigenvalue weighted by atomic mass is 16.5. The largest absolute Gasteiger partial charge is 0.397 e. The topological polar surface area (TPSA) is 120 Å². The quantitative estimate of drug-likeness (QED) is 0.778. The van der Waals surface area contributed by atoms with Crippen LogP contribution >= 0.6 is 0 Å². The molecule has 2 aromatic rings. The summed E-state index contributed by atoms with van der Waals surface area (Å²) in [5.41, 5.74) is 13.2. The van der Waals surface area contributed by atoms with Crippen LogP contribution in [0.4, 0.5) is 11.5 Å². The van der Waals surface area contributed by atoms with E-state index in [-0.39, 0.29) is 17.3 Å². The van der Waals surface area contributed by atoms with E-state index in [0.717, 1.165) is 17.0 Å². The van der Waals surface area contributed by atoms with Crippen molar-refractivity contribution >= 4 is 17.4 Å². The summed E-state index contributed by atoms with van der Waals surface area (Å²) in [4.78, 5) is 15.4. The van der Waals surface area contributed by atoms with Gasteiger partial charge in [-0.3, -0.25) is 4.79 Å². The van der Waals surface area contributed by atoms with Gasteiger partial charge in [0.15, 0.2) is 0 Å². The second-order valence-electron chi connectivity index (χ2n) is 4.62. The van der Waals surface area contributed by atoms with E-state index >= 15 is 0 Å². The van der Waals surface area contributed by atoms with Crippen molar-refractivity contribution in [2.75, 3.05) is 11.1 Å². The van der Waals surface area contributed by atoms with E-state index in [9.17, 15) is 4.79 Å². The molecular formula is C13H17N5O2. The zero-order valence-electron chi connectivity index (χ0n) is 11.6. The highest BCUT2D eigenvalue weighted by Crippen LogP contribution is 2.25. The SMILES string of the molecule is Cc1noc(C)c1C(C)Nc1cc(C(N)=O)c(N)cn1. The monoisotopic (exact) mass is 275 g/mol. The summed E-state index contributed by atoms with van der Waals surface area (Å²) in [7, 11) is 0. The lowest BCUT2D eigenvalue weighted by Gasteiger charge is -2.15. The molecule has 2 heterocycles. The molecule has 20 heavy (non-hydrogen) atoms. The molecule has 2 rings (SSSR count). The third-order valence-electron chi connectivity index (χ3n) is 3.09. The van der Waals surface area contributed by atoms with Gasteiger partial charge < -0.3 is 21.3 Å². The number of anilines is 2. The lowest BCUT2D eigenvalue weighted by Crippen LogP contribution is -2.16. The van der Waals surface area contributed by atoms with Crippen LogP contribution in [0, 0.1) is 13.8 Å². The Kier molecular flexibility index (Phi) is 3.60. The number of hydrogen-bond donors (Lipinski definition) is 3. The third kappa shape index (κ3) is 2.56. The fourth-order valence-corrected chi connectivity index (χ4v) is 2.16. The number of nitrogen functional groups attached to an aromatic ring is 1. The van der Waals surface area contributed by atoms with E-state index in [4.69, 9.17) is 16.0 Å². The van der Waals surface area contributed by atoms with Crippen molar-refractivity contribution in [2.24, 2.45) is 5.73 Å². The Hall–Kier alpha value is -2.57. The van der Waals surface area contributed by atoms with Gasteiger partial charge in [0, 0.05) is 5.56 Å². The predicted molar refractivity (Wildman–Crippen MR) is 75.2 cm³/mol. The minimum Gasteiger partial charge on any atom is -0.397 e. The van der Waals surface area contributed by atoms with Crippen LogP contribution in [0.5, 0.6) is 0 Å². The van der Waals surface area contributed by atoms with Gasteiger partial charge in [0.2, 0.25) is 0 Å². The lowest BCUT2D eigenvalue weighted by atomic mass is 10.1. The number of amides is 1. The molecule has 0 radical (unpaired) electrons. The molecule has 0 aromatic carbocycles. The molecule has 0 saturated heterocycles. The number of primary amides is 1.